The fraction of sp³-hybridized carbons (Fsp3) is 0.562. The Morgan fingerprint density at radius 3 is 2.55 bits per heavy atom. The van der Waals surface area contributed by atoms with E-state index in [1.807, 2.05) is 18.2 Å². The highest BCUT2D eigenvalue weighted by atomic mass is 16.2. The molecule has 1 amide bonds. The molecular formula is C16H23N3O. The molecule has 1 aliphatic carbocycles. The Kier molecular flexibility index (Phi) is 3.66. The average molecular weight is 273 g/mol. The van der Waals surface area contributed by atoms with Crippen LogP contribution in [0.15, 0.2) is 24.3 Å². The molecule has 0 atom stereocenters. The predicted octanol–water partition coefficient (Wildman–Crippen LogP) is 2.35. The van der Waals surface area contributed by atoms with E-state index in [1.54, 1.807) is 0 Å². The highest BCUT2D eigenvalue weighted by molar-refractivity contribution is 5.99. The quantitative estimate of drug-likeness (QED) is 0.885. The van der Waals surface area contributed by atoms with Crippen LogP contribution in [0.2, 0.25) is 0 Å². The Hall–Kier alpha value is -1.55. The summed E-state index contributed by atoms with van der Waals surface area (Å²) in [7, 11) is 0. The van der Waals surface area contributed by atoms with Gasteiger partial charge in [-0.1, -0.05) is 12.1 Å². The van der Waals surface area contributed by atoms with Gasteiger partial charge in [-0.25, -0.2) is 0 Å². The van der Waals surface area contributed by atoms with E-state index in [4.69, 9.17) is 5.73 Å². The van der Waals surface area contributed by atoms with Gasteiger partial charge >= 0.3 is 0 Å². The first kappa shape index (κ1) is 13.4. The molecule has 0 radical (unpaired) electrons. The lowest BCUT2D eigenvalue weighted by Crippen LogP contribution is -2.33. The fourth-order valence-corrected chi connectivity index (χ4v) is 2.92. The minimum absolute atomic E-state index is 0.0875. The van der Waals surface area contributed by atoms with Crippen LogP contribution in [0.5, 0.6) is 0 Å². The van der Waals surface area contributed by atoms with Crippen LogP contribution in [0.1, 0.15) is 32.1 Å². The lowest BCUT2D eigenvalue weighted by Gasteiger charge is -2.30. The fourth-order valence-electron chi connectivity index (χ4n) is 2.92. The van der Waals surface area contributed by atoms with Crippen LogP contribution in [0, 0.1) is 5.41 Å². The molecule has 1 saturated carbocycles. The van der Waals surface area contributed by atoms with Gasteiger partial charge in [0.05, 0.1) is 16.8 Å². The molecule has 4 heteroatoms. The maximum atomic E-state index is 12.4. The molecule has 3 rings (SSSR count). The Morgan fingerprint density at radius 1 is 1.20 bits per heavy atom. The van der Waals surface area contributed by atoms with Gasteiger partial charge in [-0.2, -0.15) is 0 Å². The van der Waals surface area contributed by atoms with Gasteiger partial charge in [0.1, 0.15) is 0 Å². The van der Waals surface area contributed by atoms with Crippen molar-refractivity contribution in [1.29, 1.82) is 0 Å². The number of benzene rings is 1. The molecule has 2 fully saturated rings. The van der Waals surface area contributed by atoms with Crippen molar-refractivity contribution >= 4 is 17.3 Å². The first-order valence-corrected chi connectivity index (χ1v) is 7.61. The van der Waals surface area contributed by atoms with E-state index >= 15 is 0 Å². The number of rotatable bonds is 4. The third kappa shape index (κ3) is 2.52. The second kappa shape index (κ2) is 5.44. The standard InChI is InChI=1S/C16H23N3O/c17-12-16(8-9-16)15(20)18-13-6-2-3-7-14(13)19-10-4-1-5-11-19/h2-3,6-7H,1,4-5,8-12,17H2,(H,18,20). The minimum atomic E-state index is -0.297. The smallest absolute Gasteiger partial charge is 0.231 e. The molecule has 3 N–H and O–H groups in total. The third-order valence-corrected chi connectivity index (χ3v) is 4.57. The van der Waals surface area contributed by atoms with Gasteiger partial charge in [0, 0.05) is 19.6 Å². The van der Waals surface area contributed by atoms with Crippen molar-refractivity contribution in [2.45, 2.75) is 32.1 Å². The number of piperidine rings is 1. The maximum Gasteiger partial charge on any atom is 0.231 e. The summed E-state index contributed by atoms with van der Waals surface area (Å²) in [4.78, 5) is 14.7. The molecule has 0 unspecified atom stereocenters. The highest BCUT2D eigenvalue weighted by Gasteiger charge is 2.48. The monoisotopic (exact) mass is 273 g/mol. The largest absolute Gasteiger partial charge is 0.370 e. The number of amides is 1. The molecule has 0 aromatic heterocycles. The maximum absolute atomic E-state index is 12.4. The van der Waals surface area contributed by atoms with Crippen molar-refractivity contribution in [2.75, 3.05) is 29.9 Å². The molecular weight excluding hydrogens is 250 g/mol. The highest BCUT2D eigenvalue weighted by Crippen LogP contribution is 2.45. The van der Waals surface area contributed by atoms with Crippen molar-refractivity contribution < 1.29 is 4.79 Å². The normalized spacial score (nSPS) is 20.6. The van der Waals surface area contributed by atoms with Gasteiger partial charge in [0.15, 0.2) is 0 Å². The van der Waals surface area contributed by atoms with Crippen LogP contribution in [0.25, 0.3) is 0 Å². The van der Waals surface area contributed by atoms with Crippen molar-refractivity contribution in [3.63, 3.8) is 0 Å². The zero-order valence-electron chi connectivity index (χ0n) is 11.9. The molecule has 4 nitrogen and oxygen atoms in total. The van der Waals surface area contributed by atoms with Gasteiger partial charge in [-0.3, -0.25) is 4.79 Å². The summed E-state index contributed by atoms with van der Waals surface area (Å²) >= 11 is 0. The van der Waals surface area contributed by atoms with E-state index in [-0.39, 0.29) is 11.3 Å². The molecule has 1 aromatic carbocycles. The second-order valence-corrected chi connectivity index (χ2v) is 6.00. The van der Waals surface area contributed by atoms with Crippen LogP contribution in [-0.2, 0) is 4.79 Å². The van der Waals surface area contributed by atoms with Gasteiger partial charge < -0.3 is 16.0 Å². The van der Waals surface area contributed by atoms with Crippen LogP contribution in [0.4, 0.5) is 11.4 Å². The number of carbonyl (C=O) groups excluding carboxylic acids is 1. The van der Waals surface area contributed by atoms with E-state index in [1.165, 1.54) is 19.3 Å². The summed E-state index contributed by atoms with van der Waals surface area (Å²) < 4.78 is 0. The van der Waals surface area contributed by atoms with E-state index in [0.29, 0.717) is 6.54 Å². The second-order valence-electron chi connectivity index (χ2n) is 6.00. The summed E-state index contributed by atoms with van der Waals surface area (Å²) in [5.41, 5.74) is 7.51. The number of anilines is 2. The number of para-hydroxylation sites is 2. The molecule has 1 heterocycles. The third-order valence-electron chi connectivity index (χ3n) is 4.57. The molecule has 2 aliphatic rings. The van der Waals surface area contributed by atoms with Crippen molar-refractivity contribution in [1.82, 2.24) is 0 Å². The molecule has 0 bridgehead atoms. The van der Waals surface area contributed by atoms with Crippen LogP contribution in [0.3, 0.4) is 0 Å². The summed E-state index contributed by atoms with van der Waals surface area (Å²) in [5.74, 6) is 0.0875. The van der Waals surface area contributed by atoms with Gasteiger partial charge in [-0.15, -0.1) is 0 Å². The Bertz CT molecular complexity index is 490. The SMILES string of the molecule is NCC1(C(=O)Nc2ccccc2N2CCCCC2)CC1. The van der Waals surface area contributed by atoms with Crippen molar-refractivity contribution in [2.24, 2.45) is 11.1 Å². The molecule has 1 aliphatic heterocycles. The van der Waals surface area contributed by atoms with Gasteiger partial charge in [0.25, 0.3) is 0 Å². The molecule has 108 valence electrons. The van der Waals surface area contributed by atoms with E-state index in [0.717, 1.165) is 37.3 Å². The Morgan fingerprint density at radius 2 is 1.90 bits per heavy atom. The zero-order chi connectivity index (χ0) is 14.0. The molecule has 1 aromatic rings. The van der Waals surface area contributed by atoms with Crippen LogP contribution < -0.4 is 16.0 Å². The summed E-state index contributed by atoms with van der Waals surface area (Å²) in [6, 6.07) is 8.11. The number of nitrogens with zero attached hydrogens (tertiary/aromatic N) is 1. The Labute approximate surface area is 120 Å². The Balaban J connectivity index is 1.77. The van der Waals surface area contributed by atoms with Gasteiger partial charge in [-0.05, 0) is 44.2 Å². The van der Waals surface area contributed by atoms with E-state index in [9.17, 15) is 4.79 Å². The first-order valence-electron chi connectivity index (χ1n) is 7.61. The molecule has 20 heavy (non-hydrogen) atoms. The number of hydrogen-bond donors (Lipinski definition) is 2. The molecule has 1 saturated heterocycles. The zero-order valence-corrected chi connectivity index (χ0v) is 11.9. The summed E-state index contributed by atoms with van der Waals surface area (Å²) in [5, 5.41) is 3.10. The van der Waals surface area contributed by atoms with Crippen molar-refractivity contribution in [3.8, 4) is 0 Å². The minimum Gasteiger partial charge on any atom is -0.370 e. The van der Waals surface area contributed by atoms with Crippen LogP contribution in [-0.4, -0.2) is 25.5 Å². The first-order chi connectivity index (χ1) is 9.75. The summed E-state index contributed by atoms with van der Waals surface area (Å²) in [6.45, 7) is 2.61. The van der Waals surface area contributed by atoms with Crippen LogP contribution >= 0.6 is 0 Å². The molecule has 0 spiro atoms. The van der Waals surface area contributed by atoms with E-state index < -0.39 is 0 Å². The lowest BCUT2D eigenvalue weighted by molar-refractivity contribution is -0.120. The number of carbonyl (C=O) groups is 1. The summed E-state index contributed by atoms with van der Waals surface area (Å²) in [6.07, 6.45) is 5.60. The number of nitrogens with one attached hydrogen (secondary N) is 1. The number of hydrogen-bond acceptors (Lipinski definition) is 3. The number of nitrogens with two attached hydrogens (primary N) is 1. The topological polar surface area (TPSA) is 58.4 Å². The lowest BCUT2D eigenvalue weighted by atomic mass is 10.1. The average Bonchev–Trinajstić information content (AvgIpc) is 3.30. The van der Waals surface area contributed by atoms with Gasteiger partial charge in [0.2, 0.25) is 5.91 Å². The van der Waals surface area contributed by atoms with Crippen molar-refractivity contribution in [3.05, 3.63) is 24.3 Å². The van der Waals surface area contributed by atoms with E-state index in [2.05, 4.69) is 16.3 Å². The predicted molar refractivity (Wildman–Crippen MR) is 81.9 cm³/mol.